The van der Waals surface area contributed by atoms with Gasteiger partial charge >= 0.3 is 0 Å². The number of nitrogen functional groups attached to an aromatic ring is 1. The number of hydrogen-bond donors (Lipinski definition) is 1. The van der Waals surface area contributed by atoms with Gasteiger partial charge in [0.25, 0.3) is 5.91 Å². The van der Waals surface area contributed by atoms with Gasteiger partial charge in [0, 0.05) is 25.6 Å². The molecule has 6 heteroatoms. The van der Waals surface area contributed by atoms with Crippen molar-refractivity contribution in [1.29, 1.82) is 0 Å². The predicted octanol–water partition coefficient (Wildman–Crippen LogP) is 1.47. The second-order valence-corrected chi connectivity index (χ2v) is 5.10. The number of thiazole rings is 1. The summed E-state index contributed by atoms with van der Waals surface area (Å²) < 4.78 is 5.01. The predicted molar refractivity (Wildman–Crippen MR) is 69.1 cm³/mol. The molecule has 0 saturated heterocycles. The second kappa shape index (κ2) is 6.56. The van der Waals surface area contributed by atoms with Crippen LogP contribution in [0.2, 0.25) is 0 Å². The van der Waals surface area contributed by atoms with E-state index in [4.69, 9.17) is 10.5 Å². The Kier molecular flexibility index (Phi) is 5.37. The highest BCUT2D eigenvalue weighted by atomic mass is 32.1. The van der Waals surface area contributed by atoms with E-state index in [-0.39, 0.29) is 5.91 Å². The van der Waals surface area contributed by atoms with Crippen molar-refractivity contribution in [2.45, 2.75) is 13.8 Å². The van der Waals surface area contributed by atoms with E-state index in [0.29, 0.717) is 36.4 Å². The number of ether oxygens (including phenoxy) is 1. The molecule has 5 nitrogen and oxygen atoms in total. The van der Waals surface area contributed by atoms with Gasteiger partial charge in [-0.05, 0) is 5.92 Å². The summed E-state index contributed by atoms with van der Waals surface area (Å²) in [5, 5.41) is 2.11. The van der Waals surface area contributed by atoms with Crippen LogP contribution in [-0.4, -0.2) is 42.6 Å². The van der Waals surface area contributed by atoms with E-state index in [1.807, 2.05) is 0 Å². The highest BCUT2D eigenvalue weighted by molar-refractivity contribution is 7.13. The van der Waals surface area contributed by atoms with Crippen molar-refractivity contribution in [1.82, 2.24) is 9.88 Å². The lowest BCUT2D eigenvalue weighted by atomic mass is 10.2. The molecule has 0 saturated carbocycles. The van der Waals surface area contributed by atoms with E-state index in [2.05, 4.69) is 18.8 Å². The SMILES string of the molecule is COCCN(CC(C)C)C(=O)c1csc(N)n1. The third-order valence-corrected chi connectivity index (χ3v) is 2.85. The fraction of sp³-hybridized carbons (Fsp3) is 0.636. The minimum absolute atomic E-state index is 0.0799. The third-order valence-electron chi connectivity index (χ3n) is 2.18. The van der Waals surface area contributed by atoms with Crippen LogP contribution in [-0.2, 0) is 4.74 Å². The van der Waals surface area contributed by atoms with Crippen LogP contribution in [0.4, 0.5) is 5.13 Å². The molecule has 0 atom stereocenters. The van der Waals surface area contributed by atoms with Crippen LogP contribution in [0.5, 0.6) is 0 Å². The van der Waals surface area contributed by atoms with E-state index >= 15 is 0 Å². The van der Waals surface area contributed by atoms with Gasteiger partial charge in [-0.1, -0.05) is 13.8 Å². The average Bonchev–Trinajstić information content (AvgIpc) is 2.69. The summed E-state index contributed by atoms with van der Waals surface area (Å²) in [6.07, 6.45) is 0. The summed E-state index contributed by atoms with van der Waals surface area (Å²) in [7, 11) is 1.62. The van der Waals surface area contributed by atoms with Gasteiger partial charge in [-0.3, -0.25) is 4.79 Å². The molecule has 0 aliphatic carbocycles. The number of amides is 1. The molecular weight excluding hydrogens is 238 g/mol. The molecule has 0 unspecified atom stereocenters. The van der Waals surface area contributed by atoms with E-state index in [1.54, 1.807) is 17.4 Å². The summed E-state index contributed by atoms with van der Waals surface area (Å²) in [6.45, 7) is 5.94. The largest absolute Gasteiger partial charge is 0.383 e. The van der Waals surface area contributed by atoms with Crippen molar-refractivity contribution in [3.05, 3.63) is 11.1 Å². The summed E-state index contributed by atoms with van der Waals surface area (Å²) in [5.41, 5.74) is 5.95. The maximum absolute atomic E-state index is 12.2. The maximum atomic E-state index is 12.2. The third kappa shape index (κ3) is 4.32. The molecule has 0 fully saturated rings. The number of nitrogens with two attached hydrogens (primary N) is 1. The molecule has 1 amide bonds. The maximum Gasteiger partial charge on any atom is 0.273 e. The monoisotopic (exact) mass is 257 g/mol. The lowest BCUT2D eigenvalue weighted by Crippen LogP contribution is -2.36. The molecule has 0 aliphatic rings. The van der Waals surface area contributed by atoms with Gasteiger partial charge in [-0.2, -0.15) is 0 Å². The fourth-order valence-corrected chi connectivity index (χ4v) is 2.00. The van der Waals surface area contributed by atoms with Crippen LogP contribution < -0.4 is 5.73 Å². The Morgan fingerprint density at radius 2 is 2.35 bits per heavy atom. The Morgan fingerprint density at radius 3 is 2.82 bits per heavy atom. The molecule has 0 spiro atoms. The van der Waals surface area contributed by atoms with Gasteiger partial charge in [-0.25, -0.2) is 4.98 Å². The van der Waals surface area contributed by atoms with Gasteiger partial charge in [-0.15, -0.1) is 11.3 Å². The summed E-state index contributed by atoms with van der Waals surface area (Å²) in [5.74, 6) is 0.329. The Morgan fingerprint density at radius 1 is 1.65 bits per heavy atom. The van der Waals surface area contributed by atoms with Crippen LogP contribution in [0.1, 0.15) is 24.3 Å². The first kappa shape index (κ1) is 13.9. The number of anilines is 1. The number of carbonyl (C=O) groups excluding carboxylic acids is 1. The van der Waals surface area contributed by atoms with Crippen molar-refractivity contribution < 1.29 is 9.53 Å². The highest BCUT2D eigenvalue weighted by Crippen LogP contribution is 2.14. The van der Waals surface area contributed by atoms with Crippen molar-refractivity contribution >= 4 is 22.4 Å². The van der Waals surface area contributed by atoms with Crippen LogP contribution in [0.3, 0.4) is 0 Å². The van der Waals surface area contributed by atoms with E-state index in [9.17, 15) is 4.79 Å². The zero-order valence-electron chi connectivity index (χ0n) is 10.5. The standard InChI is InChI=1S/C11H19N3O2S/c1-8(2)6-14(4-5-16-3)10(15)9-7-17-11(12)13-9/h7-8H,4-6H2,1-3H3,(H2,12,13). The van der Waals surface area contributed by atoms with E-state index in [1.165, 1.54) is 11.3 Å². The van der Waals surface area contributed by atoms with Gasteiger partial charge < -0.3 is 15.4 Å². The molecule has 17 heavy (non-hydrogen) atoms. The summed E-state index contributed by atoms with van der Waals surface area (Å²) >= 11 is 1.28. The van der Waals surface area contributed by atoms with E-state index < -0.39 is 0 Å². The number of hydrogen-bond acceptors (Lipinski definition) is 5. The molecule has 1 aromatic heterocycles. The molecule has 0 aromatic carbocycles. The first-order chi connectivity index (χ1) is 8.04. The summed E-state index contributed by atoms with van der Waals surface area (Å²) in [4.78, 5) is 17.9. The minimum atomic E-state index is -0.0799. The lowest BCUT2D eigenvalue weighted by Gasteiger charge is -2.23. The molecule has 0 radical (unpaired) electrons. The van der Waals surface area contributed by atoms with Crippen molar-refractivity contribution in [2.75, 3.05) is 32.5 Å². The van der Waals surface area contributed by atoms with Crippen LogP contribution in [0.15, 0.2) is 5.38 Å². The molecule has 96 valence electrons. The Bertz CT molecular complexity index is 365. The molecule has 1 aromatic rings. The van der Waals surface area contributed by atoms with Crippen LogP contribution >= 0.6 is 11.3 Å². The molecule has 1 rings (SSSR count). The quantitative estimate of drug-likeness (QED) is 0.838. The molecule has 2 N–H and O–H groups in total. The molecule has 0 aliphatic heterocycles. The minimum Gasteiger partial charge on any atom is -0.383 e. The second-order valence-electron chi connectivity index (χ2n) is 4.21. The lowest BCUT2D eigenvalue weighted by molar-refractivity contribution is 0.0667. The number of nitrogens with zero attached hydrogens (tertiary/aromatic N) is 2. The smallest absolute Gasteiger partial charge is 0.273 e. The highest BCUT2D eigenvalue weighted by Gasteiger charge is 2.18. The van der Waals surface area contributed by atoms with Gasteiger partial charge in [0.15, 0.2) is 5.13 Å². The molecule has 1 heterocycles. The molecule has 0 bridgehead atoms. The Hall–Kier alpha value is -1.14. The molecular formula is C11H19N3O2S. The van der Waals surface area contributed by atoms with Crippen molar-refractivity contribution in [3.8, 4) is 0 Å². The van der Waals surface area contributed by atoms with Crippen molar-refractivity contribution in [3.63, 3.8) is 0 Å². The number of rotatable bonds is 6. The van der Waals surface area contributed by atoms with Gasteiger partial charge in [0.05, 0.1) is 6.61 Å². The fourth-order valence-electron chi connectivity index (χ4n) is 1.47. The van der Waals surface area contributed by atoms with Gasteiger partial charge in [0.2, 0.25) is 0 Å². The zero-order chi connectivity index (χ0) is 12.8. The normalized spacial score (nSPS) is 10.8. The first-order valence-corrected chi connectivity index (χ1v) is 6.41. The van der Waals surface area contributed by atoms with Crippen molar-refractivity contribution in [2.24, 2.45) is 5.92 Å². The Balaban J connectivity index is 2.71. The average molecular weight is 257 g/mol. The topological polar surface area (TPSA) is 68.5 Å². The van der Waals surface area contributed by atoms with Gasteiger partial charge in [0.1, 0.15) is 5.69 Å². The number of methoxy groups -OCH3 is 1. The van der Waals surface area contributed by atoms with E-state index in [0.717, 1.165) is 0 Å². The number of carbonyl (C=O) groups is 1. The first-order valence-electron chi connectivity index (χ1n) is 5.53. The van der Waals surface area contributed by atoms with Crippen LogP contribution in [0, 0.1) is 5.92 Å². The zero-order valence-corrected chi connectivity index (χ0v) is 11.3. The van der Waals surface area contributed by atoms with Crippen LogP contribution in [0.25, 0.3) is 0 Å². The number of aromatic nitrogens is 1. The summed E-state index contributed by atoms with van der Waals surface area (Å²) in [6, 6.07) is 0. The Labute approximate surface area is 106 Å².